The fraction of sp³-hybridized carbons (Fsp3) is 0.875. The van der Waals surface area contributed by atoms with Gasteiger partial charge in [0.2, 0.25) is 0 Å². The van der Waals surface area contributed by atoms with Crippen molar-refractivity contribution in [2.75, 3.05) is 0 Å². The molecular weight excluding hydrogens is 320 g/mol. The molecule has 5 aliphatic rings. The highest BCUT2D eigenvalue weighted by molar-refractivity contribution is 5.74. The van der Waals surface area contributed by atoms with Crippen LogP contribution in [0.3, 0.4) is 0 Å². The van der Waals surface area contributed by atoms with E-state index in [1.54, 1.807) is 0 Å². The smallest absolute Gasteiger partial charge is 0.307 e. The van der Waals surface area contributed by atoms with Gasteiger partial charge >= 0.3 is 5.97 Å². The van der Waals surface area contributed by atoms with Crippen LogP contribution in [0.25, 0.3) is 0 Å². The average molecular weight is 357 g/mol. The first-order valence-corrected chi connectivity index (χ1v) is 11.2. The third kappa shape index (κ3) is 2.08. The molecule has 4 aliphatic carbocycles. The minimum absolute atomic E-state index is 0.0332. The number of esters is 1. The molecule has 1 saturated heterocycles. The van der Waals surface area contributed by atoms with E-state index in [9.17, 15) is 4.79 Å². The van der Waals surface area contributed by atoms with E-state index in [1.165, 1.54) is 50.5 Å². The van der Waals surface area contributed by atoms with Gasteiger partial charge in [-0.1, -0.05) is 40.2 Å². The number of fused-ring (bicyclic) bond motifs is 6. The Morgan fingerprint density at radius 2 is 1.88 bits per heavy atom. The molecule has 144 valence electrons. The van der Waals surface area contributed by atoms with Crippen molar-refractivity contribution in [1.82, 2.24) is 0 Å². The van der Waals surface area contributed by atoms with Gasteiger partial charge in [0.05, 0.1) is 6.42 Å². The highest BCUT2D eigenvalue weighted by atomic mass is 16.6. The summed E-state index contributed by atoms with van der Waals surface area (Å²) < 4.78 is 6.03. The lowest BCUT2D eigenvalue weighted by molar-refractivity contribution is -0.146. The molecule has 1 heterocycles. The molecule has 0 unspecified atom stereocenters. The van der Waals surface area contributed by atoms with Gasteiger partial charge in [0, 0.05) is 5.92 Å². The van der Waals surface area contributed by atoms with Gasteiger partial charge in [-0.2, -0.15) is 0 Å². The number of hydrogen-bond acceptors (Lipinski definition) is 2. The Balaban J connectivity index is 1.50. The average Bonchev–Trinajstić information content (AvgIpc) is 3.07. The van der Waals surface area contributed by atoms with Crippen LogP contribution in [-0.2, 0) is 9.53 Å². The Hall–Kier alpha value is -0.790. The van der Waals surface area contributed by atoms with Crippen LogP contribution in [0, 0.1) is 40.4 Å². The van der Waals surface area contributed by atoms with E-state index in [2.05, 4.69) is 33.8 Å². The second kappa shape index (κ2) is 5.39. The summed E-state index contributed by atoms with van der Waals surface area (Å²) in [6.45, 7) is 9.94. The van der Waals surface area contributed by atoms with E-state index in [1.807, 2.05) is 0 Å². The van der Waals surface area contributed by atoms with Crippen molar-refractivity contribution in [2.24, 2.45) is 40.4 Å². The molecule has 0 amide bonds. The molecule has 1 spiro atoms. The molecule has 0 radical (unpaired) electrons. The third-order valence-corrected chi connectivity index (χ3v) is 9.82. The largest absolute Gasteiger partial charge is 0.454 e. The first kappa shape index (κ1) is 17.3. The lowest BCUT2D eigenvalue weighted by atomic mass is 9.44. The van der Waals surface area contributed by atoms with Crippen LogP contribution in [0.4, 0.5) is 0 Å². The van der Waals surface area contributed by atoms with Crippen LogP contribution in [-0.4, -0.2) is 11.6 Å². The van der Waals surface area contributed by atoms with Crippen LogP contribution in [0.1, 0.15) is 85.5 Å². The summed E-state index contributed by atoms with van der Waals surface area (Å²) >= 11 is 0. The van der Waals surface area contributed by atoms with Crippen LogP contribution in [0.2, 0.25) is 0 Å². The van der Waals surface area contributed by atoms with Gasteiger partial charge in [0.25, 0.3) is 0 Å². The summed E-state index contributed by atoms with van der Waals surface area (Å²) in [6, 6.07) is 0. The molecule has 2 nitrogen and oxygen atoms in total. The van der Waals surface area contributed by atoms with Crippen LogP contribution in [0.5, 0.6) is 0 Å². The molecule has 7 atom stereocenters. The Bertz CT molecular complexity index is 661. The minimum Gasteiger partial charge on any atom is -0.454 e. The van der Waals surface area contributed by atoms with E-state index < -0.39 is 0 Å². The quantitative estimate of drug-likeness (QED) is 0.398. The van der Waals surface area contributed by atoms with E-state index in [0.29, 0.717) is 29.1 Å². The summed E-state index contributed by atoms with van der Waals surface area (Å²) in [5, 5.41) is 0. The number of carbonyl (C=O) groups excluding carboxylic acids is 1. The molecule has 0 bridgehead atoms. The fourth-order valence-electron chi connectivity index (χ4n) is 8.71. The fourth-order valence-corrected chi connectivity index (χ4v) is 8.71. The number of carbonyl (C=O) groups is 1. The zero-order valence-electron chi connectivity index (χ0n) is 17.1. The second-order valence-corrected chi connectivity index (χ2v) is 11.3. The van der Waals surface area contributed by atoms with E-state index >= 15 is 0 Å². The van der Waals surface area contributed by atoms with Gasteiger partial charge in [-0.25, -0.2) is 0 Å². The molecule has 5 rings (SSSR count). The van der Waals surface area contributed by atoms with Crippen LogP contribution in [0.15, 0.2) is 11.6 Å². The van der Waals surface area contributed by atoms with Gasteiger partial charge in [0.1, 0.15) is 5.60 Å². The van der Waals surface area contributed by atoms with Gasteiger partial charge in [-0.05, 0) is 85.0 Å². The Morgan fingerprint density at radius 1 is 1.08 bits per heavy atom. The molecule has 0 aromatic carbocycles. The predicted molar refractivity (Wildman–Crippen MR) is 103 cm³/mol. The maximum atomic E-state index is 12.0. The van der Waals surface area contributed by atoms with Gasteiger partial charge in [-0.3, -0.25) is 4.79 Å². The van der Waals surface area contributed by atoms with Crippen molar-refractivity contribution >= 4 is 5.97 Å². The maximum Gasteiger partial charge on any atom is 0.307 e. The van der Waals surface area contributed by atoms with Crippen molar-refractivity contribution < 1.29 is 9.53 Å². The molecule has 3 saturated carbocycles. The number of rotatable bonds is 0. The molecular formula is C24H36O2. The molecule has 0 aromatic rings. The number of ether oxygens (including phenoxy) is 1. The van der Waals surface area contributed by atoms with Crippen molar-refractivity contribution in [1.29, 1.82) is 0 Å². The molecule has 2 heteroatoms. The van der Waals surface area contributed by atoms with E-state index in [4.69, 9.17) is 4.74 Å². The molecule has 4 fully saturated rings. The lowest BCUT2D eigenvalue weighted by Gasteiger charge is -2.61. The number of allylic oxidation sites excluding steroid dienone is 1. The zero-order valence-corrected chi connectivity index (χ0v) is 17.1. The van der Waals surface area contributed by atoms with E-state index in [0.717, 1.165) is 24.2 Å². The Kier molecular flexibility index (Phi) is 3.59. The van der Waals surface area contributed by atoms with Gasteiger partial charge in [0.15, 0.2) is 0 Å². The first-order valence-electron chi connectivity index (χ1n) is 11.2. The highest BCUT2D eigenvalue weighted by Gasteiger charge is 2.62. The SMILES string of the molecule is C[C@@H]1CC(=O)O[C@@]12CC[C@@H]1C2=CC[C@H]2[C@H]1CC[C@H]1C(C)(C)CCC[C@]21C. The standard InChI is InChI=1S/C24H36O2/c1-15-14-21(25)26-24(15)13-10-17-16-6-9-20-22(2,3)11-5-12-23(20,4)18(16)7-8-19(17)24/h8,15-18,20H,5-7,9-14H2,1-4H3/t15-,16+,17+,18+,20+,23-,24+/m1/s1. The predicted octanol–water partition coefficient (Wildman–Crippen LogP) is 5.91. The van der Waals surface area contributed by atoms with Crippen molar-refractivity contribution in [3.63, 3.8) is 0 Å². The van der Waals surface area contributed by atoms with E-state index in [-0.39, 0.29) is 11.6 Å². The minimum atomic E-state index is -0.226. The summed E-state index contributed by atoms with van der Waals surface area (Å²) in [6.07, 6.45) is 13.8. The highest BCUT2D eigenvalue weighted by Crippen LogP contribution is 2.67. The maximum absolute atomic E-state index is 12.0. The first-order chi connectivity index (χ1) is 12.3. The number of hydrogen-bond donors (Lipinski definition) is 0. The van der Waals surface area contributed by atoms with Crippen LogP contribution < -0.4 is 0 Å². The molecule has 0 N–H and O–H groups in total. The summed E-state index contributed by atoms with van der Waals surface area (Å²) in [5.41, 5.74) is 2.33. The summed E-state index contributed by atoms with van der Waals surface area (Å²) in [4.78, 5) is 12.0. The van der Waals surface area contributed by atoms with Gasteiger partial charge in [-0.15, -0.1) is 0 Å². The lowest BCUT2D eigenvalue weighted by Crippen LogP contribution is -2.53. The molecule has 26 heavy (non-hydrogen) atoms. The van der Waals surface area contributed by atoms with Crippen LogP contribution >= 0.6 is 0 Å². The summed E-state index contributed by atoms with van der Waals surface area (Å²) in [5.74, 6) is 3.64. The van der Waals surface area contributed by atoms with Gasteiger partial charge < -0.3 is 4.74 Å². The Labute approximate surface area is 159 Å². The molecule has 1 aliphatic heterocycles. The normalized spacial score (nSPS) is 52.1. The second-order valence-electron chi connectivity index (χ2n) is 11.3. The topological polar surface area (TPSA) is 26.3 Å². The Morgan fingerprint density at radius 3 is 2.62 bits per heavy atom. The monoisotopic (exact) mass is 356 g/mol. The third-order valence-electron chi connectivity index (χ3n) is 9.82. The van der Waals surface area contributed by atoms with Crippen molar-refractivity contribution in [2.45, 2.75) is 91.1 Å². The van der Waals surface area contributed by atoms with Crippen molar-refractivity contribution in [3.05, 3.63) is 11.6 Å². The summed E-state index contributed by atoms with van der Waals surface area (Å²) in [7, 11) is 0. The van der Waals surface area contributed by atoms with Crippen molar-refractivity contribution in [3.8, 4) is 0 Å². The molecule has 0 aromatic heterocycles. The zero-order chi connectivity index (χ0) is 18.3.